The molecular weight excluding hydrogens is 277 g/mol. The van der Waals surface area contributed by atoms with Crippen molar-refractivity contribution in [3.05, 3.63) is 35.2 Å². The number of pyridine rings is 1. The average molecular weight is 295 g/mol. The molecule has 0 amide bonds. The SMILES string of the molecule is CC1=[N+]=C(C(F)(F)F)C=C1c1cc(C(C)(C)C)cc(C)n1. The predicted octanol–water partition coefficient (Wildman–Crippen LogP) is 3.62. The van der Waals surface area contributed by atoms with Crippen molar-refractivity contribution in [1.29, 1.82) is 0 Å². The number of hydrogen-bond acceptors (Lipinski definition) is 1. The normalized spacial score (nSPS) is 15.7. The van der Waals surface area contributed by atoms with Gasteiger partial charge in [0.15, 0.2) is 0 Å². The lowest BCUT2D eigenvalue weighted by Crippen LogP contribution is -2.21. The van der Waals surface area contributed by atoms with Gasteiger partial charge in [0.1, 0.15) is 0 Å². The number of halogens is 3. The highest BCUT2D eigenvalue weighted by Crippen LogP contribution is 2.28. The molecule has 0 radical (unpaired) electrons. The topological polar surface area (TPSA) is 27.0 Å². The van der Waals surface area contributed by atoms with Crippen molar-refractivity contribution in [3.8, 4) is 0 Å². The maximum atomic E-state index is 12.8. The van der Waals surface area contributed by atoms with Crippen LogP contribution in [0.15, 0.2) is 18.2 Å². The van der Waals surface area contributed by atoms with Crippen LogP contribution in [0.1, 0.15) is 44.6 Å². The first kappa shape index (κ1) is 15.5. The van der Waals surface area contributed by atoms with Gasteiger partial charge in [0.25, 0.3) is 0 Å². The highest BCUT2D eigenvalue weighted by atomic mass is 19.4. The van der Waals surface area contributed by atoms with Crippen LogP contribution in [0.3, 0.4) is 0 Å². The van der Waals surface area contributed by atoms with Crippen LogP contribution >= 0.6 is 0 Å². The van der Waals surface area contributed by atoms with Crippen LogP contribution in [0.2, 0.25) is 0 Å². The zero-order chi connectivity index (χ0) is 16.0. The second-order valence-corrected chi connectivity index (χ2v) is 6.27. The number of aromatic nitrogens is 1. The molecule has 0 aromatic carbocycles. The van der Waals surface area contributed by atoms with E-state index >= 15 is 0 Å². The first-order chi connectivity index (χ1) is 9.48. The summed E-state index contributed by atoms with van der Waals surface area (Å²) in [6, 6.07) is 3.80. The molecule has 1 aromatic heterocycles. The molecule has 21 heavy (non-hydrogen) atoms. The van der Waals surface area contributed by atoms with E-state index in [1.165, 1.54) is 0 Å². The minimum atomic E-state index is -4.43. The largest absolute Gasteiger partial charge is 0.495 e. The van der Waals surface area contributed by atoms with Gasteiger partial charge < -0.3 is 0 Å². The van der Waals surface area contributed by atoms with Gasteiger partial charge in [-0.05, 0) is 30.0 Å². The van der Waals surface area contributed by atoms with E-state index in [1.807, 2.05) is 19.1 Å². The molecule has 0 fully saturated rings. The van der Waals surface area contributed by atoms with E-state index in [9.17, 15) is 13.2 Å². The van der Waals surface area contributed by atoms with Crippen LogP contribution in [-0.2, 0) is 5.41 Å². The molecule has 0 spiro atoms. The van der Waals surface area contributed by atoms with Gasteiger partial charge >= 0.3 is 17.6 Å². The number of allylic oxidation sites excluding steroid dienone is 2. The second kappa shape index (κ2) is 4.85. The third-order valence-corrected chi connectivity index (χ3v) is 3.34. The Kier molecular flexibility index (Phi) is 3.58. The van der Waals surface area contributed by atoms with Gasteiger partial charge in [0.2, 0.25) is 0 Å². The molecular formula is C16H18F3N2+. The number of aryl methyl sites for hydroxylation is 1. The molecule has 0 atom stereocenters. The minimum absolute atomic E-state index is 0.0940. The molecule has 0 saturated heterocycles. The summed E-state index contributed by atoms with van der Waals surface area (Å²) in [5.41, 5.74) is 2.20. The molecule has 1 aliphatic rings. The van der Waals surface area contributed by atoms with Gasteiger partial charge in [-0.15, -0.1) is 0 Å². The van der Waals surface area contributed by atoms with E-state index in [4.69, 9.17) is 0 Å². The Morgan fingerprint density at radius 2 is 1.67 bits per heavy atom. The zero-order valence-corrected chi connectivity index (χ0v) is 12.8. The van der Waals surface area contributed by atoms with E-state index < -0.39 is 11.9 Å². The molecule has 0 unspecified atom stereocenters. The summed E-state index contributed by atoms with van der Waals surface area (Å²) in [5.74, 6) is 0. The third-order valence-electron chi connectivity index (χ3n) is 3.34. The van der Waals surface area contributed by atoms with Crippen LogP contribution in [0.25, 0.3) is 5.57 Å². The van der Waals surface area contributed by atoms with Gasteiger partial charge in [-0.2, -0.15) is 13.2 Å². The van der Waals surface area contributed by atoms with E-state index in [0.29, 0.717) is 17.0 Å². The molecule has 2 heterocycles. The molecule has 2 rings (SSSR count). The molecule has 0 bridgehead atoms. The van der Waals surface area contributed by atoms with Gasteiger partial charge in [0.05, 0.1) is 17.3 Å². The lowest BCUT2D eigenvalue weighted by Gasteiger charge is -2.20. The summed E-state index contributed by atoms with van der Waals surface area (Å²) < 4.78 is 41.9. The first-order valence-electron chi connectivity index (χ1n) is 6.69. The molecule has 0 saturated carbocycles. The highest BCUT2D eigenvalue weighted by Gasteiger charge is 2.47. The minimum Gasteiger partial charge on any atom is -0.253 e. The van der Waals surface area contributed by atoms with Gasteiger partial charge in [-0.1, -0.05) is 25.4 Å². The Balaban J connectivity index is 2.51. The Hall–Kier alpha value is -1.87. The van der Waals surface area contributed by atoms with Crippen molar-refractivity contribution in [3.63, 3.8) is 0 Å². The molecule has 112 valence electrons. The third kappa shape index (κ3) is 3.24. The lowest BCUT2D eigenvalue weighted by atomic mass is 9.86. The van der Waals surface area contributed by atoms with E-state index in [0.717, 1.165) is 17.3 Å². The Morgan fingerprint density at radius 3 is 2.14 bits per heavy atom. The van der Waals surface area contributed by atoms with Crippen molar-refractivity contribution < 1.29 is 13.2 Å². The van der Waals surface area contributed by atoms with Crippen molar-refractivity contribution in [2.24, 2.45) is 0 Å². The second-order valence-electron chi connectivity index (χ2n) is 6.27. The van der Waals surface area contributed by atoms with E-state index in [2.05, 4.69) is 30.4 Å². The van der Waals surface area contributed by atoms with Crippen molar-refractivity contribution in [2.75, 3.05) is 0 Å². The van der Waals surface area contributed by atoms with E-state index in [-0.39, 0.29) is 5.41 Å². The number of nitrogens with zero attached hydrogens (tertiary/aromatic N) is 2. The molecule has 2 nitrogen and oxygen atoms in total. The predicted molar refractivity (Wildman–Crippen MR) is 79.5 cm³/mol. The van der Waals surface area contributed by atoms with Crippen LogP contribution < -0.4 is 4.67 Å². The fraction of sp³-hybridized carbons (Fsp3) is 0.438. The number of alkyl halides is 3. The van der Waals surface area contributed by atoms with Crippen LogP contribution in [0.5, 0.6) is 0 Å². The summed E-state index contributed by atoms with van der Waals surface area (Å²) >= 11 is 0. The Morgan fingerprint density at radius 1 is 1.05 bits per heavy atom. The van der Waals surface area contributed by atoms with Crippen LogP contribution in [0, 0.1) is 6.92 Å². The summed E-state index contributed by atoms with van der Waals surface area (Å²) in [5, 5.41) is 0. The highest BCUT2D eigenvalue weighted by molar-refractivity contribution is 6.31. The van der Waals surface area contributed by atoms with Gasteiger partial charge in [-0.25, -0.2) is 0 Å². The molecule has 1 aliphatic heterocycles. The zero-order valence-electron chi connectivity index (χ0n) is 12.8. The van der Waals surface area contributed by atoms with Gasteiger partial charge in [0, 0.05) is 12.6 Å². The van der Waals surface area contributed by atoms with Crippen LogP contribution in [0.4, 0.5) is 13.2 Å². The summed E-state index contributed by atoms with van der Waals surface area (Å²) in [6.45, 7) is 9.59. The van der Waals surface area contributed by atoms with E-state index in [1.54, 1.807) is 6.92 Å². The summed E-state index contributed by atoms with van der Waals surface area (Å²) in [4.78, 5) is 4.37. The molecule has 5 heteroatoms. The monoisotopic (exact) mass is 295 g/mol. The fourth-order valence-electron chi connectivity index (χ4n) is 2.16. The van der Waals surface area contributed by atoms with Gasteiger partial charge in [-0.3, -0.25) is 4.98 Å². The number of hydrogen-bond donors (Lipinski definition) is 0. The maximum absolute atomic E-state index is 12.8. The molecule has 0 N–H and O–H groups in total. The Bertz CT molecular complexity index is 682. The number of rotatable bonds is 1. The summed E-state index contributed by atoms with van der Waals surface area (Å²) in [6.07, 6.45) is -3.36. The maximum Gasteiger partial charge on any atom is 0.495 e. The molecule has 1 aromatic rings. The van der Waals surface area contributed by atoms with Crippen molar-refractivity contribution in [2.45, 2.75) is 46.2 Å². The standard InChI is InChI=1S/C16H18F3N2/c1-9-6-11(15(3,4)5)7-13(20-9)12-8-14(16(17,18)19)21-10(12)2/h6-8H,1-5H3/q+1. The smallest absolute Gasteiger partial charge is 0.253 e. The Labute approximate surface area is 122 Å². The van der Waals surface area contributed by atoms with Crippen molar-refractivity contribution >= 4 is 17.0 Å². The first-order valence-corrected chi connectivity index (χ1v) is 6.69. The average Bonchev–Trinajstić information content (AvgIpc) is 2.69. The molecule has 0 aliphatic carbocycles. The fourth-order valence-corrected chi connectivity index (χ4v) is 2.16. The quantitative estimate of drug-likeness (QED) is 0.727. The van der Waals surface area contributed by atoms with Crippen molar-refractivity contribution in [1.82, 2.24) is 9.65 Å². The lowest BCUT2D eigenvalue weighted by molar-refractivity contribution is -0.0577. The van der Waals surface area contributed by atoms with Crippen LogP contribution in [-0.4, -0.2) is 22.6 Å². The summed E-state index contributed by atoms with van der Waals surface area (Å²) in [7, 11) is 0.